The van der Waals surface area contributed by atoms with Crippen molar-refractivity contribution in [2.45, 2.75) is 27.1 Å². The van der Waals surface area contributed by atoms with Crippen LogP contribution in [0, 0.1) is 6.92 Å². The molecule has 29 heavy (non-hydrogen) atoms. The number of methoxy groups -OCH3 is 3. The summed E-state index contributed by atoms with van der Waals surface area (Å²) in [5.74, 6) is 2.13. The maximum atomic E-state index is 13.0. The molecule has 2 aromatic rings. The molecule has 0 aliphatic carbocycles. The normalized spacial score (nSPS) is 11.7. The molecule has 0 saturated carbocycles. The molecule has 2 unspecified atom stereocenters. The van der Waals surface area contributed by atoms with E-state index >= 15 is 0 Å². The molecule has 153 valence electrons. The van der Waals surface area contributed by atoms with E-state index in [0.717, 1.165) is 10.9 Å². The van der Waals surface area contributed by atoms with Crippen LogP contribution in [0.4, 0.5) is 0 Å². The first-order chi connectivity index (χ1) is 13.4. The van der Waals surface area contributed by atoms with Crippen molar-refractivity contribution >= 4 is 38.3 Å². The summed E-state index contributed by atoms with van der Waals surface area (Å²) in [5.41, 5.74) is 1.31. The Kier molecular flexibility index (Phi) is 10.6. The Hall–Kier alpha value is -1.70. The fraction of sp³-hybridized carbons (Fsp3) is 0.381. The number of aryl methyl sites for hydroxylation is 1. The van der Waals surface area contributed by atoms with Crippen LogP contribution in [0.15, 0.2) is 30.3 Å². The number of ether oxygens (including phenoxy) is 5. The molecule has 2 aromatic carbocycles. The maximum Gasteiger partial charge on any atom is 0.196 e. The van der Waals surface area contributed by atoms with E-state index in [-0.39, 0.29) is 39.3 Å². The summed E-state index contributed by atoms with van der Waals surface area (Å²) in [6, 6.07) is 9.02. The Labute approximate surface area is 186 Å². The standard InChI is InChI=1S/C21H27O6P.Li/c1-7-26-14(3)27-15-8-9-19(13(2)10-15)28-21(22)20-17(24-5)11-16(23-4)12-18(20)25-6;/h8-12,14,28H,7H2,1-6H3;. The summed E-state index contributed by atoms with van der Waals surface area (Å²) in [6.07, 6.45) is -0.327. The molecule has 0 amide bonds. The molecule has 0 saturated heterocycles. The molecule has 0 aromatic heterocycles. The molecule has 8 heteroatoms. The van der Waals surface area contributed by atoms with Crippen molar-refractivity contribution in [3.05, 3.63) is 41.5 Å². The quantitative estimate of drug-likeness (QED) is 0.337. The average Bonchev–Trinajstić information content (AvgIpc) is 2.68. The van der Waals surface area contributed by atoms with E-state index in [1.54, 1.807) is 19.2 Å². The first-order valence-corrected chi connectivity index (χ1v) is 9.93. The van der Waals surface area contributed by atoms with Gasteiger partial charge in [-0.05, 0) is 52.4 Å². The third-order valence-electron chi connectivity index (χ3n) is 4.09. The predicted octanol–water partition coefficient (Wildman–Crippen LogP) is 3.55. The van der Waals surface area contributed by atoms with E-state index in [1.165, 1.54) is 14.2 Å². The van der Waals surface area contributed by atoms with Gasteiger partial charge in [-0.2, -0.15) is 0 Å². The van der Waals surface area contributed by atoms with E-state index in [1.807, 2.05) is 39.0 Å². The molecule has 0 heterocycles. The van der Waals surface area contributed by atoms with Gasteiger partial charge in [0.1, 0.15) is 28.6 Å². The molecule has 2 atom stereocenters. The summed E-state index contributed by atoms with van der Waals surface area (Å²) < 4.78 is 27.1. The van der Waals surface area contributed by atoms with Crippen molar-refractivity contribution < 1.29 is 28.5 Å². The molecule has 0 spiro atoms. The number of hydrogen-bond acceptors (Lipinski definition) is 6. The number of rotatable bonds is 10. The van der Waals surface area contributed by atoms with Crippen LogP contribution in [0.5, 0.6) is 23.0 Å². The number of hydrogen-bond donors (Lipinski definition) is 0. The molecule has 0 fully saturated rings. The fourth-order valence-electron chi connectivity index (χ4n) is 2.72. The summed E-state index contributed by atoms with van der Waals surface area (Å²) in [6.45, 7) is 6.30. The first-order valence-electron chi connectivity index (χ1n) is 8.93. The van der Waals surface area contributed by atoms with Gasteiger partial charge in [0.15, 0.2) is 11.8 Å². The van der Waals surface area contributed by atoms with Gasteiger partial charge in [-0.25, -0.2) is 0 Å². The van der Waals surface area contributed by atoms with Crippen molar-refractivity contribution in [3.63, 3.8) is 0 Å². The number of carbonyl (C=O) groups is 1. The fourth-order valence-corrected chi connectivity index (χ4v) is 3.78. The van der Waals surface area contributed by atoms with Crippen LogP contribution in [0.3, 0.4) is 0 Å². The Morgan fingerprint density at radius 2 is 1.62 bits per heavy atom. The topological polar surface area (TPSA) is 63.2 Å². The van der Waals surface area contributed by atoms with E-state index in [2.05, 4.69) is 0 Å². The van der Waals surface area contributed by atoms with E-state index in [0.29, 0.717) is 35.2 Å². The Morgan fingerprint density at radius 1 is 1.00 bits per heavy atom. The van der Waals surface area contributed by atoms with Crippen molar-refractivity contribution in [2.75, 3.05) is 27.9 Å². The molecule has 0 aliphatic heterocycles. The second-order valence-electron chi connectivity index (χ2n) is 5.98. The SMILES string of the molecule is CCOC(C)Oc1ccc(PC(=O)c2c(OC)cc(OC)cc2OC)c(C)c1.[Li]. The molecular weight excluding hydrogens is 386 g/mol. The second-order valence-corrected chi connectivity index (χ2v) is 7.22. The van der Waals surface area contributed by atoms with Crippen LogP contribution in [-0.2, 0) is 4.74 Å². The first kappa shape index (κ1) is 25.3. The van der Waals surface area contributed by atoms with Gasteiger partial charge in [0.2, 0.25) is 0 Å². The van der Waals surface area contributed by atoms with Gasteiger partial charge < -0.3 is 23.7 Å². The van der Waals surface area contributed by atoms with Gasteiger partial charge in [-0.1, -0.05) is 6.07 Å². The van der Waals surface area contributed by atoms with Gasteiger partial charge in [0.25, 0.3) is 0 Å². The van der Waals surface area contributed by atoms with Crippen molar-refractivity contribution in [2.24, 2.45) is 0 Å². The zero-order valence-corrected chi connectivity index (χ0v) is 19.1. The molecular formula is C21H27LiO6P. The largest absolute Gasteiger partial charge is 0.496 e. The van der Waals surface area contributed by atoms with Crippen LogP contribution >= 0.6 is 8.58 Å². The number of benzene rings is 2. The molecule has 0 N–H and O–H groups in total. The Bertz CT molecular complexity index is 802. The third-order valence-corrected chi connectivity index (χ3v) is 5.40. The van der Waals surface area contributed by atoms with Gasteiger partial charge in [-0.3, -0.25) is 4.79 Å². The van der Waals surface area contributed by atoms with Crippen LogP contribution in [0.25, 0.3) is 0 Å². The van der Waals surface area contributed by atoms with Gasteiger partial charge in [0, 0.05) is 37.6 Å². The second kappa shape index (κ2) is 12.1. The van der Waals surface area contributed by atoms with Crippen molar-refractivity contribution in [3.8, 4) is 23.0 Å². The molecule has 1 radical (unpaired) electrons. The van der Waals surface area contributed by atoms with E-state index in [9.17, 15) is 4.79 Å². The minimum atomic E-state index is -0.327. The zero-order valence-electron chi connectivity index (χ0n) is 18.1. The van der Waals surface area contributed by atoms with Crippen LogP contribution in [-0.4, -0.2) is 58.6 Å². The van der Waals surface area contributed by atoms with Crippen LogP contribution < -0.4 is 24.3 Å². The smallest absolute Gasteiger partial charge is 0.196 e. The third kappa shape index (κ3) is 6.66. The minimum Gasteiger partial charge on any atom is -0.496 e. The molecule has 0 bridgehead atoms. The average molecular weight is 413 g/mol. The minimum absolute atomic E-state index is 0. The molecule has 2 rings (SSSR count). The van der Waals surface area contributed by atoms with Crippen LogP contribution in [0.1, 0.15) is 29.8 Å². The summed E-state index contributed by atoms with van der Waals surface area (Å²) >= 11 is 0. The Balaban J connectivity index is 0.00000420. The number of carbonyl (C=O) groups excluding carboxylic acids is 1. The Morgan fingerprint density at radius 3 is 2.10 bits per heavy atom. The summed E-state index contributed by atoms with van der Waals surface area (Å²) in [4.78, 5) is 13.0. The van der Waals surface area contributed by atoms with Crippen LogP contribution in [0.2, 0.25) is 0 Å². The van der Waals surface area contributed by atoms with Gasteiger partial charge in [-0.15, -0.1) is 0 Å². The van der Waals surface area contributed by atoms with E-state index < -0.39 is 0 Å². The van der Waals surface area contributed by atoms with Crippen molar-refractivity contribution in [1.29, 1.82) is 0 Å². The van der Waals surface area contributed by atoms with Gasteiger partial charge in [0.05, 0.1) is 21.3 Å². The molecule has 0 aliphatic rings. The predicted molar refractivity (Wildman–Crippen MR) is 117 cm³/mol. The maximum absolute atomic E-state index is 13.0. The van der Waals surface area contributed by atoms with Crippen molar-refractivity contribution in [1.82, 2.24) is 0 Å². The van der Waals surface area contributed by atoms with Gasteiger partial charge >= 0.3 is 0 Å². The summed E-state index contributed by atoms with van der Waals surface area (Å²) in [7, 11) is 4.51. The summed E-state index contributed by atoms with van der Waals surface area (Å²) in [5, 5.41) is 0.932. The van der Waals surface area contributed by atoms with E-state index in [4.69, 9.17) is 23.7 Å². The zero-order chi connectivity index (χ0) is 20.7. The molecule has 6 nitrogen and oxygen atoms in total. The monoisotopic (exact) mass is 413 g/mol.